The first kappa shape index (κ1) is 35.5. The van der Waals surface area contributed by atoms with E-state index in [0.717, 1.165) is 11.1 Å². The summed E-state index contributed by atoms with van der Waals surface area (Å²) in [7, 11) is 0. The summed E-state index contributed by atoms with van der Waals surface area (Å²) < 4.78 is 15.0. The summed E-state index contributed by atoms with van der Waals surface area (Å²) in [6.45, 7) is 3.70. The van der Waals surface area contributed by atoms with Gasteiger partial charge in [0.05, 0.1) is 19.4 Å². The number of nitriles is 1. The fourth-order valence-electron chi connectivity index (χ4n) is 7.06. The van der Waals surface area contributed by atoms with Crippen molar-refractivity contribution in [2.24, 2.45) is 5.73 Å². The number of imidazole rings is 1. The molecule has 280 valence electrons. The Morgan fingerprint density at radius 2 is 1.71 bits per heavy atom. The highest BCUT2D eigenvalue weighted by Crippen LogP contribution is 2.39. The number of amidine groups is 1. The molecule has 5 N–H and O–H groups in total. The first-order valence-electron chi connectivity index (χ1n) is 18.1. The Hall–Kier alpha value is -6.48. The van der Waals surface area contributed by atoms with E-state index in [2.05, 4.69) is 51.2 Å². The number of aromatic nitrogens is 8. The van der Waals surface area contributed by atoms with Gasteiger partial charge < -0.3 is 29.9 Å². The van der Waals surface area contributed by atoms with Crippen LogP contribution in [0.15, 0.2) is 97.3 Å². The summed E-state index contributed by atoms with van der Waals surface area (Å²) >= 11 is 0. The van der Waals surface area contributed by atoms with Crippen molar-refractivity contribution in [3.8, 4) is 11.9 Å². The number of hydrogen-bond donors (Lipinski definition) is 4. The predicted molar refractivity (Wildman–Crippen MR) is 200 cm³/mol. The van der Waals surface area contributed by atoms with Gasteiger partial charge in [-0.15, -0.1) is 14.8 Å². The maximum absolute atomic E-state index is 11.3. The summed E-state index contributed by atoms with van der Waals surface area (Å²) in [5.74, 6) is 1.48. The van der Waals surface area contributed by atoms with E-state index in [1.165, 1.54) is 15.7 Å². The molecule has 0 aliphatic carbocycles. The zero-order chi connectivity index (χ0) is 37.9. The Kier molecular flexibility index (Phi) is 10.0. The van der Waals surface area contributed by atoms with Crippen LogP contribution in [0.4, 0.5) is 11.8 Å². The lowest BCUT2D eigenvalue weighted by Crippen LogP contribution is -2.38. The molecule has 0 radical (unpaired) electrons. The summed E-state index contributed by atoms with van der Waals surface area (Å²) in [5.41, 5.74) is 9.36. The van der Waals surface area contributed by atoms with E-state index in [-0.39, 0.29) is 23.8 Å². The fourth-order valence-corrected chi connectivity index (χ4v) is 7.06. The molecule has 55 heavy (non-hydrogen) atoms. The molecule has 2 aliphatic rings. The number of hydrogen-bond acceptors (Lipinski definition) is 13. The van der Waals surface area contributed by atoms with Crippen LogP contribution in [0.1, 0.15) is 48.5 Å². The van der Waals surface area contributed by atoms with Gasteiger partial charge in [-0.3, -0.25) is 10.3 Å². The molecule has 3 aromatic carbocycles. The van der Waals surface area contributed by atoms with E-state index < -0.39 is 24.5 Å². The normalized spacial score (nSPS) is 21.5. The number of nitrogens with zero attached hydrogens (tertiary/aromatic N) is 11. The molecule has 2 fully saturated rings. The fraction of sp³-hybridized carbons (Fsp3) is 0.316. The number of aryl methyl sites for hydroxylation is 1. The minimum absolute atomic E-state index is 0.0265. The van der Waals surface area contributed by atoms with Gasteiger partial charge in [0.15, 0.2) is 29.3 Å². The number of rotatable bonds is 11. The number of anilines is 2. The second kappa shape index (κ2) is 15.5. The predicted octanol–water partition coefficient (Wildman–Crippen LogP) is 2.53. The number of ether oxygens (including phenoxy) is 2. The van der Waals surface area contributed by atoms with E-state index in [4.69, 9.17) is 30.2 Å². The van der Waals surface area contributed by atoms with E-state index >= 15 is 0 Å². The highest BCUT2D eigenvalue weighted by Gasteiger charge is 2.47. The number of para-hydroxylation sites is 1. The van der Waals surface area contributed by atoms with Crippen molar-refractivity contribution in [1.82, 2.24) is 39.7 Å². The van der Waals surface area contributed by atoms with Gasteiger partial charge in [0, 0.05) is 30.7 Å². The molecule has 0 amide bonds. The van der Waals surface area contributed by atoms with Gasteiger partial charge in [-0.2, -0.15) is 14.8 Å². The summed E-state index contributed by atoms with van der Waals surface area (Å²) in [5, 5.41) is 48.4. The van der Waals surface area contributed by atoms with E-state index in [1.54, 1.807) is 16.7 Å². The molecule has 2 saturated heterocycles. The van der Waals surface area contributed by atoms with E-state index in [1.807, 2.05) is 66.4 Å². The van der Waals surface area contributed by atoms with Crippen LogP contribution in [0.5, 0.6) is 5.75 Å². The number of nitrogens with one attached hydrogen (secondary N) is 1. The maximum Gasteiger partial charge on any atom is 0.404 e. The lowest BCUT2D eigenvalue weighted by Gasteiger charge is -2.22. The average molecular weight is 743 g/mol. The third-order valence-corrected chi connectivity index (χ3v) is 9.93. The Morgan fingerprint density at radius 1 is 1.02 bits per heavy atom. The molecule has 17 nitrogen and oxygen atoms in total. The minimum Gasteiger partial charge on any atom is -0.404 e. The van der Waals surface area contributed by atoms with Crippen LogP contribution in [0, 0.1) is 11.5 Å². The molecule has 6 aromatic rings. The Bertz CT molecular complexity index is 2270. The second-order valence-electron chi connectivity index (χ2n) is 13.3. The van der Waals surface area contributed by atoms with Crippen molar-refractivity contribution in [2.45, 2.75) is 56.4 Å². The SMILES string of the molecule is CCn1nnc([C@H]2O[C@@H](n3cnc4c(NCC(c5ccccc5)c5ccccc5)nc(N5CC[C@@H]([N+](C#N)=C(N)Oc6ccccc6)C5)nc43)[C@H](O)[C@@H]2O)n1. The van der Waals surface area contributed by atoms with Gasteiger partial charge in [-0.1, -0.05) is 78.9 Å². The Labute approximate surface area is 315 Å². The zero-order valence-electron chi connectivity index (χ0n) is 29.9. The maximum atomic E-state index is 11.3. The molecule has 0 bridgehead atoms. The van der Waals surface area contributed by atoms with E-state index in [0.29, 0.717) is 61.3 Å². The zero-order valence-corrected chi connectivity index (χ0v) is 29.9. The number of fused-ring (bicyclic) bond motifs is 1. The molecule has 0 saturated carbocycles. The van der Waals surface area contributed by atoms with Gasteiger partial charge in [0.25, 0.3) is 0 Å². The molecule has 8 rings (SSSR count). The third kappa shape index (κ3) is 7.13. The minimum atomic E-state index is -1.37. The molecule has 0 unspecified atom stereocenters. The summed E-state index contributed by atoms with van der Waals surface area (Å²) in [6, 6.07) is 29.1. The van der Waals surface area contributed by atoms with Crippen LogP contribution in [0.3, 0.4) is 0 Å². The van der Waals surface area contributed by atoms with Crippen molar-refractivity contribution < 1.29 is 24.3 Å². The largest absolute Gasteiger partial charge is 0.404 e. The molecule has 5 heterocycles. The van der Waals surface area contributed by atoms with Crippen LogP contribution >= 0.6 is 0 Å². The lowest BCUT2D eigenvalue weighted by atomic mass is 9.91. The van der Waals surface area contributed by atoms with E-state index in [9.17, 15) is 15.5 Å². The number of tetrazole rings is 1. The van der Waals surface area contributed by atoms with Crippen LogP contribution in [-0.4, -0.2) is 98.4 Å². The van der Waals surface area contributed by atoms with Gasteiger partial charge in [-0.05, 0) is 35.4 Å². The second-order valence-corrected chi connectivity index (χ2v) is 13.3. The summed E-state index contributed by atoms with van der Waals surface area (Å²) in [4.78, 5) is 18.0. The Morgan fingerprint density at radius 3 is 2.36 bits per heavy atom. The van der Waals surface area contributed by atoms with Crippen LogP contribution in [-0.2, 0) is 11.3 Å². The first-order valence-corrected chi connectivity index (χ1v) is 18.1. The van der Waals surface area contributed by atoms with Crippen LogP contribution in [0.25, 0.3) is 11.2 Å². The van der Waals surface area contributed by atoms with Crippen molar-refractivity contribution in [3.63, 3.8) is 0 Å². The van der Waals surface area contributed by atoms with Crippen molar-refractivity contribution in [1.29, 1.82) is 5.26 Å². The average Bonchev–Trinajstić information content (AvgIpc) is 4.04. The van der Waals surface area contributed by atoms with Gasteiger partial charge in [-0.25, -0.2) is 4.98 Å². The number of benzene rings is 3. The molecule has 17 heteroatoms. The van der Waals surface area contributed by atoms with Crippen LogP contribution in [0.2, 0.25) is 0 Å². The molecule has 5 atom stereocenters. The number of aliphatic hydroxyl groups is 2. The van der Waals surface area contributed by atoms with Crippen molar-refractivity contribution >= 4 is 29.0 Å². The lowest BCUT2D eigenvalue weighted by molar-refractivity contribution is -0.485. The van der Waals surface area contributed by atoms with Crippen molar-refractivity contribution in [3.05, 3.63) is 114 Å². The first-order chi connectivity index (χ1) is 26.9. The number of nitrogens with two attached hydrogens (primary N) is 1. The molecular weight excluding hydrogens is 703 g/mol. The van der Waals surface area contributed by atoms with Crippen LogP contribution < -0.4 is 20.7 Å². The highest BCUT2D eigenvalue weighted by molar-refractivity contribution is 5.84. The van der Waals surface area contributed by atoms with Gasteiger partial charge in [0.2, 0.25) is 11.8 Å². The third-order valence-electron chi connectivity index (χ3n) is 9.93. The summed E-state index contributed by atoms with van der Waals surface area (Å²) in [6.07, 6.45) is -0.558. The smallest absolute Gasteiger partial charge is 0.404 e. The quantitative estimate of drug-likeness (QED) is 0.0494. The molecular formula is C38H40N13O4+. The van der Waals surface area contributed by atoms with Gasteiger partial charge in [0.1, 0.15) is 24.0 Å². The van der Waals surface area contributed by atoms with Crippen molar-refractivity contribution in [2.75, 3.05) is 29.9 Å². The monoisotopic (exact) mass is 742 g/mol. The standard InChI is InChI=1S/C38H39N13O4/c1-2-51-46-34(45-47-51)32-30(52)31(53)36(55-32)50-23-42-29-33(41-20-28(24-12-6-3-7-13-24)25-14-8-4-9-15-25)43-38(44-35(29)50)48-19-18-26(21-48)49(22-39)37(40)54-27-16-10-5-11-17-27/h3-17,23,26,28,30-32,36,40,52-53H,2,18-21H2,1H3,(H,41,43,44)/p+1/t26-,30+,31-,32+,36-/m1/s1. The molecule has 2 aliphatic heterocycles. The molecule has 0 spiro atoms. The topological polar surface area (TPSA) is 214 Å². The van der Waals surface area contributed by atoms with Gasteiger partial charge >= 0.3 is 12.2 Å². The Balaban J connectivity index is 1.14. The number of aliphatic hydroxyl groups excluding tert-OH is 2. The highest BCUT2D eigenvalue weighted by atomic mass is 16.6. The molecule has 3 aromatic heterocycles.